The fourth-order valence-corrected chi connectivity index (χ4v) is 6.70. The second-order valence-electron chi connectivity index (χ2n) is 10.9. The molecule has 199 valence electrons. The van der Waals surface area contributed by atoms with Crippen LogP contribution in [0.5, 0.6) is 0 Å². The summed E-state index contributed by atoms with van der Waals surface area (Å²) in [5.41, 5.74) is 9.34. The van der Waals surface area contributed by atoms with Crippen LogP contribution in [0.1, 0.15) is 16.7 Å². The van der Waals surface area contributed by atoms with Gasteiger partial charge in [0.25, 0.3) is 0 Å². The molecule has 0 aliphatic carbocycles. The summed E-state index contributed by atoms with van der Waals surface area (Å²) in [6.07, 6.45) is 0. The van der Waals surface area contributed by atoms with Crippen molar-refractivity contribution in [1.82, 2.24) is 15.0 Å². The second-order valence-corrected chi connectivity index (χ2v) is 10.9. The lowest BCUT2D eigenvalue weighted by Crippen LogP contribution is -2.11. The minimum Gasteiger partial charge on any atom is -0.248 e. The first-order valence-electron chi connectivity index (χ1n) is 14.6. The molecule has 0 bridgehead atoms. The molecular formula is C40H24N3. The Kier molecular flexibility index (Phi) is 5.26. The summed E-state index contributed by atoms with van der Waals surface area (Å²) in [6.45, 7) is 0. The zero-order valence-electron chi connectivity index (χ0n) is 23.2. The van der Waals surface area contributed by atoms with Crippen LogP contribution >= 0.6 is 0 Å². The van der Waals surface area contributed by atoms with E-state index in [9.17, 15) is 0 Å². The lowest BCUT2D eigenvalue weighted by Gasteiger charge is -2.26. The van der Waals surface area contributed by atoms with Crippen LogP contribution in [0.25, 0.3) is 65.4 Å². The van der Waals surface area contributed by atoms with Gasteiger partial charge in [-0.15, -0.1) is 0 Å². The van der Waals surface area contributed by atoms with Crippen molar-refractivity contribution in [3.8, 4) is 0 Å². The highest BCUT2D eigenvalue weighted by molar-refractivity contribution is 6.11. The van der Waals surface area contributed by atoms with E-state index < -0.39 is 0 Å². The van der Waals surface area contributed by atoms with Crippen LogP contribution in [0.4, 0.5) is 0 Å². The molecule has 6 aromatic carbocycles. The van der Waals surface area contributed by atoms with Crippen molar-refractivity contribution in [1.29, 1.82) is 0 Å². The summed E-state index contributed by atoms with van der Waals surface area (Å²) < 4.78 is 0. The van der Waals surface area contributed by atoms with Crippen molar-refractivity contribution < 1.29 is 0 Å². The SMILES string of the molecule is c1ccc2c([C](c3c4ccccc4nc4ccccc34)c3c4ccccc4nc4ccccc34)c3ccccc3nc2c1. The smallest absolute Gasteiger partial charge is 0.0712 e. The van der Waals surface area contributed by atoms with E-state index >= 15 is 0 Å². The average molecular weight is 547 g/mol. The summed E-state index contributed by atoms with van der Waals surface area (Å²) in [5.74, 6) is 1.17. The van der Waals surface area contributed by atoms with Crippen molar-refractivity contribution in [2.45, 2.75) is 0 Å². The lowest BCUT2D eigenvalue weighted by atomic mass is 9.76. The molecule has 0 N–H and O–H groups in total. The Hall–Kier alpha value is -5.67. The van der Waals surface area contributed by atoms with Crippen molar-refractivity contribution in [2.75, 3.05) is 0 Å². The largest absolute Gasteiger partial charge is 0.248 e. The molecule has 9 rings (SSSR count). The van der Waals surface area contributed by atoms with Gasteiger partial charge in [0.2, 0.25) is 0 Å². The first-order valence-corrected chi connectivity index (χ1v) is 14.6. The van der Waals surface area contributed by atoms with Gasteiger partial charge in [0.05, 0.1) is 39.0 Å². The number of nitrogens with zero attached hydrogens (tertiary/aromatic N) is 3. The number of rotatable bonds is 3. The fourth-order valence-electron chi connectivity index (χ4n) is 6.70. The van der Waals surface area contributed by atoms with Gasteiger partial charge in [0.15, 0.2) is 0 Å². The Bertz CT molecular complexity index is 2090. The van der Waals surface area contributed by atoms with E-state index in [1.54, 1.807) is 0 Å². The molecule has 0 fully saturated rings. The molecule has 3 heterocycles. The molecule has 0 spiro atoms. The van der Waals surface area contributed by atoms with Gasteiger partial charge in [0, 0.05) is 32.3 Å². The molecule has 0 atom stereocenters. The van der Waals surface area contributed by atoms with Gasteiger partial charge in [-0.2, -0.15) is 0 Å². The van der Waals surface area contributed by atoms with Crippen LogP contribution in [0.15, 0.2) is 146 Å². The molecule has 0 aliphatic heterocycles. The molecule has 3 nitrogen and oxygen atoms in total. The van der Waals surface area contributed by atoms with Gasteiger partial charge in [0.1, 0.15) is 0 Å². The van der Waals surface area contributed by atoms with Crippen molar-refractivity contribution >= 4 is 65.4 Å². The number of aromatic nitrogens is 3. The highest BCUT2D eigenvalue weighted by atomic mass is 14.7. The molecule has 0 amide bonds. The minimum atomic E-state index is 0.971. The van der Waals surface area contributed by atoms with Gasteiger partial charge >= 0.3 is 0 Å². The second kappa shape index (κ2) is 9.43. The maximum Gasteiger partial charge on any atom is 0.0712 e. The van der Waals surface area contributed by atoms with E-state index in [2.05, 4.69) is 146 Å². The molecule has 0 saturated carbocycles. The van der Waals surface area contributed by atoms with Crippen LogP contribution in [0, 0.1) is 5.92 Å². The average Bonchev–Trinajstić information content (AvgIpc) is 3.07. The first-order chi connectivity index (χ1) is 21.3. The van der Waals surface area contributed by atoms with Crippen LogP contribution in [-0.2, 0) is 0 Å². The molecule has 0 saturated heterocycles. The molecule has 43 heavy (non-hydrogen) atoms. The van der Waals surface area contributed by atoms with E-state index in [1.165, 1.54) is 22.6 Å². The molecule has 3 aromatic heterocycles. The number of fused-ring (bicyclic) bond motifs is 6. The molecule has 1 radical (unpaired) electrons. The van der Waals surface area contributed by atoms with Gasteiger partial charge < -0.3 is 0 Å². The zero-order chi connectivity index (χ0) is 28.3. The molecule has 9 aromatic rings. The van der Waals surface area contributed by atoms with Gasteiger partial charge in [-0.25, -0.2) is 15.0 Å². The molecular weight excluding hydrogens is 522 g/mol. The van der Waals surface area contributed by atoms with Crippen LogP contribution in [0.3, 0.4) is 0 Å². The fraction of sp³-hybridized carbons (Fsp3) is 0. The Morgan fingerprint density at radius 2 is 0.442 bits per heavy atom. The maximum absolute atomic E-state index is 5.12. The number of benzene rings is 6. The summed E-state index contributed by atoms with van der Waals surface area (Å²) in [7, 11) is 0. The van der Waals surface area contributed by atoms with Crippen molar-refractivity contribution in [2.24, 2.45) is 0 Å². The lowest BCUT2D eigenvalue weighted by molar-refractivity contribution is 1.30. The van der Waals surface area contributed by atoms with Gasteiger partial charge in [-0.1, -0.05) is 109 Å². The standard InChI is InChI=1S/C40H24N3/c1-7-19-31-25(13-1)37(26-14-2-8-20-32(26)41-31)40(38-27-15-3-9-21-33(27)42-34-22-10-4-16-28(34)38)39-29-17-5-11-23-35(29)43-36-24-12-6-18-30(36)39/h1-24H. The summed E-state index contributed by atoms with van der Waals surface area (Å²) >= 11 is 0. The Morgan fingerprint density at radius 3 is 0.651 bits per heavy atom. The maximum atomic E-state index is 5.12. The van der Waals surface area contributed by atoms with Gasteiger partial charge in [-0.3, -0.25) is 0 Å². The Labute approximate surface area is 248 Å². The van der Waals surface area contributed by atoms with E-state index in [4.69, 9.17) is 15.0 Å². The number of hydrogen-bond acceptors (Lipinski definition) is 3. The van der Waals surface area contributed by atoms with E-state index in [-0.39, 0.29) is 0 Å². The normalized spacial score (nSPS) is 11.9. The van der Waals surface area contributed by atoms with Crippen molar-refractivity contribution in [3.63, 3.8) is 0 Å². The Morgan fingerprint density at radius 1 is 0.256 bits per heavy atom. The quantitative estimate of drug-likeness (QED) is 0.207. The predicted octanol–water partition coefficient (Wildman–Crippen LogP) is 9.81. The summed E-state index contributed by atoms with van der Waals surface area (Å²) in [5, 5.41) is 6.70. The Balaban J connectivity index is 1.60. The van der Waals surface area contributed by atoms with Crippen molar-refractivity contribution in [3.05, 3.63) is 168 Å². The summed E-state index contributed by atoms with van der Waals surface area (Å²) in [6, 6.07) is 51.1. The van der Waals surface area contributed by atoms with Gasteiger partial charge in [-0.05, 0) is 53.1 Å². The molecule has 3 heteroatoms. The zero-order valence-corrected chi connectivity index (χ0v) is 23.2. The van der Waals surface area contributed by atoms with E-state index in [0.29, 0.717) is 0 Å². The topological polar surface area (TPSA) is 38.7 Å². The van der Waals surface area contributed by atoms with E-state index in [0.717, 1.165) is 65.4 Å². The third kappa shape index (κ3) is 3.65. The monoisotopic (exact) mass is 546 g/mol. The van der Waals surface area contributed by atoms with Crippen LogP contribution in [-0.4, -0.2) is 15.0 Å². The van der Waals surface area contributed by atoms with Crippen LogP contribution < -0.4 is 0 Å². The third-order valence-electron chi connectivity index (χ3n) is 8.51. The molecule has 0 unspecified atom stereocenters. The highest BCUT2D eigenvalue weighted by Gasteiger charge is 2.30. The molecule has 0 aliphatic rings. The van der Waals surface area contributed by atoms with Crippen LogP contribution in [0.2, 0.25) is 0 Å². The van der Waals surface area contributed by atoms with E-state index in [1.807, 2.05) is 0 Å². The minimum absolute atomic E-state index is 0.971. The predicted molar refractivity (Wildman–Crippen MR) is 178 cm³/mol. The third-order valence-corrected chi connectivity index (χ3v) is 8.51. The first kappa shape index (κ1) is 24.0. The number of pyridine rings is 3. The number of para-hydroxylation sites is 6. The number of hydrogen-bond donors (Lipinski definition) is 0. The highest BCUT2D eigenvalue weighted by Crippen LogP contribution is 2.47. The summed E-state index contributed by atoms with van der Waals surface area (Å²) in [4.78, 5) is 15.4.